The largest absolute Gasteiger partial charge is 0.496 e. The molecule has 0 radical (unpaired) electrons. The molecule has 2 rings (SSSR count). The summed E-state index contributed by atoms with van der Waals surface area (Å²) in [6.45, 7) is 3.16. The Balaban J connectivity index is 1.90. The molecule has 2 unspecified atom stereocenters. The summed E-state index contributed by atoms with van der Waals surface area (Å²) in [7, 11) is 1.74. The van der Waals surface area contributed by atoms with Crippen molar-refractivity contribution >= 4 is 0 Å². The second-order valence-corrected chi connectivity index (χ2v) is 5.41. The van der Waals surface area contributed by atoms with E-state index >= 15 is 0 Å². The van der Waals surface area contributed by atoms with Crippen molar-refractivity contribution in [1.82, 2.24) is 5.32 Å². The van der Waals surface area contributed by atoms with Crippen LogP contribution in [0.4, 0.5) is 0 Å². The topological polar surface area (TPSA) is 47.3 Å². The van der Waals surface area contributed by atoms with Gasteiger partial charge in [-0.25, -0.2) is 0 Å². The Morgan fingerprint density at radius 1 is 1.37 bits per heavy atom. The Hall–Kier alpha value is -1.06. The van der Waals surface area contributed by atoms with E-state index in [4.69, 9.17) is 10.5 Å². The molecular formula is C16H26N2O. The van der Waals surface area contributed by atoms with Crippen LogP contribution in [0.2, 0.25) is 0 Å². The molecule has 1 aromatic carbocycles. The summed E-state index contributed by atoms with van der Waals surface area (Å²) in [5, 5.41) is 3.59. The highest BCUT2D eigenvalue weighted by atomic mass is 16.5. The molecule has 0 saturated heterocycles. The number of rotatable bonds is 6. The van der Waals surface area contributed by atoms with Crippen LogP contribution < -0.4 is 15.8 Å². The van der Waals surface area contributed by atoms with Crippen LogP contribution >= 0.6 is 0 Å². The van der Waals surface area contributed by atoms with Crippen molar-refractivity contribution in [3.05, 3.63) is 29.3 Å². The van der Waals surface area contributed by atoms with Crippen LogP contribution in [0.15, 0.2) is 18.2 Å². The first-order valence-electron chi connectivity index (χ1n) is 7.39. The fraction of sp³-hybridized carbons (Fsp3) is 0.625. The SMILES string of the molecule is CCc1ccc(OC)c(CCNC2CCCC2N)c1. The maximum Gasteiger partial charge on any atom is 0.122 e. The summed E-state index contributed by atoms with van der Waals surface area (Å²) in [6.07, 6.45) is 5.70. The number of methoxy groups -OCH3 is 1. The Morgan fingerprint density at radius 3 is 2.84 bits per heavy atom. The minimum absolute atomic E-state index is 0.337. The second-order valence-electron chi connectivity index (χ2n) is 5.41. The van der Waals surface area contributed by atoms with Gasteiger partial charge in [0, 0.05) is 12.1 Å². The minimum Gasteiger partial charge on any atom is -0.496 e. The van der Waals surface area contributed by atoms with Crippen LogP contribution in [0.5, 0.6) is 5.75 Å². The molecule has 0 spiro atoms. The van der Waals surface area contributed by atoms with Crippen molar-refractivity contribution in [3.63, 3.8) is 0 Å². The Bertz CT molecular complexity index is 406. The number of benzene rings is 1. The fourth-order valence-electron chi connectivity index (χ4n) is 2.88. The van der Waals surface area contributed by atoms with Crippen molar-refractivity contribution in [2.75, 3.05) is 13.7 Å². The van der Waals surface area contributed by atoms with Crippen LogP contribution in [0.1, 0.15) is 37.3 Å². The maximum atomic E-state index is 6.07. The summed E-state index contributed by atoms with van der Waals surface area (Å²) >= 11 is 0. The highest BCUT2D eigenvalue weighted by Gasteiger charge is 2.22. The molecule has 1 fully saturated rings. The molecule has 0 heterocycles. The summed E-state index contributed by atoms with van der Waals surface area (Å²) in [5.41, 5.74) is 8.73. The number of hydrogen-bond donors (Lipinski definition) is 2. The predicted octanol–water partition coefficient (Wildman–Crippen LogP) is 2.27. The number of hydrogen-bond acceptors (Lipinski definition) is 3. The molecule has 3 nitrogen and oxygen atoms in total. The van der Waals surface area contributed by atoms with Crippen molar-refractivity contribution in [3.8, 4) is 5.75 Å². The van der Waals surface area contributed by atoms with Crippen LogP contribution in [0.3, 0.4) is 0 Å². The van der Waals surface area contributed by atoms with Crippen LogP contribution in [-0.4, -0.2) is 25.7 Å². The van der Waals surface area contributed by atoms with Crippen molar-refractivity contribution < 1.29 is 4.74 Å². The predicted molar refractivity (Wildman–Crippen MR) is 79.7 cm³/mol. The Labute approximate surface area is 116 Å². The zero-order valence-electron chi connectivity index (χ0n) is 12.1. The standard InChI is InChI=1S/C16H26N2O/c1-3-12-7-8-16(19-2)13(11-12)9-10-18-15-6-4-5-14(15)17/h7-8,11,14-15,18H,3-6,9-10,17H2,1-2H3. The first kappa shape index (κ1) is 14.4. The van der Waals surface area contributed by atoms with Gasteiger partial charge in [0.15, 0.2) is 0 Å². The van der Waals surface area contributed by atoms with Gasteiger partial charge in [-0.2, -0.15) is 0 Å². The smallest absolute Gasteiger partial charge is 0.122 e. The highest BCUT2D eigenvalue weighted by Crippen LogP contribution is 2.21. The van der Waals surface area contributed by atoms with Crippen molar-refractivity contribution in [2.45, 2.75) is 51.1 Å². The molecule has 3 heteroatoms. The van der Waals surface area contributed by atoms with Crippen LogP contribution in [0, 0.1) is 0 Å². The van der Waals surface area contributed by atoms with Gasteiger partial charge in [-0.3, -0.25) is 0 Å². The molecule has 19 heavy (non-hydrogen) atoms. The highest BCUT2D eigenvalue weighted by molar-refractivity contribution is 5.37. The van der Waals surface area contributed by atoms with E-state index in [-0.39, 0.29) is 0 Å². The lowest BCUT2D eigenvalue weighted by Gasteiger charge is -2.18. The first-order valence-corrected chi connectivity index (χ1v) is 7.39. The van der Waals surface area contributed by atoms with Crippen LogP contribution in [0.25, 0.3) is 0 Å². The Morgan fingerprint density at radius 2 is 2.21 bits per heavy atom. The fourth-order valence-corrected chi connectivity index (χ4v) is 2.88. The molecule has 1 aromatic rings. The van der Waals surface area contributed by atoms with Crippen molar-refractivity contribution in [1.29, 1.82) is 0 Å². The summed E-state index contributed by atoms with van der Waals surface area (Å²) in [4.78, 5) is 0. The lowest BCUT2D eigenvalue weighted by atomic mass is 10.0. The zero-order chi connectivity index (χ0) is 13.7. The van der Waals surface area contributed by atoms with Gasteiger partial charge in [0.25, 0.3) is 0 Å². The molecular weight excluding hydrogens is 236 g/mol. The number of ether oxygens (including phenoxy) is 1. The van der Waals surface area contributed by atoms with Gasteiger partial charge in [0.2, 0.25) is 0 Å². The van der Waals surface area contributed by atoms with Crippen molar-refractivity contribution in [2.24, 2.45) is 5.73 Å². The third-order valence-electron chi connectivity index (χ3n) is 4.12. The average molecular weight is 262 g/mol. The van der Waals surface area contributed by atoms with E-state index < -0.39 is 0 Å². The molecule has 106 valence electrons. The van der Waals surface area contributed by atoms with E-state index in [1.54, 1.807) is 7.11 Å². The number of nitrogens with one attached hydrogen (secondary N) is 1. The van der Waals surface area contributed by atoms with E-state index in [1.165, 1.54) is 24.0 Å². The van der Waals surface area contributed by atoms with E-state index in [1.807, 2.05) is 0 Å². The normalized spacial score (nSPS) is 22.7. The molecule has 0 aliphatic heterocycles. The second kappa shape index (κ2) is 6.92. The molecule has 0 aromatic heterocycles. The molecule has 3 N–H and O–H groups in total. The lowest BCUT2D eigenvalue weighted by Crippen LogP contribution is -2.41. The van der Waals surface area contributed by atoms with E-state index in [9.17, 15) is 0 Å². The minimum atomic E-state index is 0.337. The lowest BCUT2D eigenvalue weighted by molar-refractivity contribution is 0.407. The Kier molecular flexibility index (Phi) is 5.23. The first-order chi connectivity index (χ1) is 9.24. The quantitative estimate of drug-likeness (QED) is 0.827. The zero-order valence-corrected chi connectivity index (χ0v) is 12.1. The maximum absolute atomic E-state index is 6.07. The molecule has 1 aliphatic carbocycles. The number of aryl methyl sites for hydroxylation is 1. The van der Waals surface area contributed by atoms with E-state index in [2.05, 4.69) is 30.4 Å². The average Bonchev–Trinajstić information content (AvgIpc) is 2.84. The summed E-state index contributed by atoms with van der Waals surface area (Å²) < 4.78 is 5.44. The van der Waals surface area contributed by atoms with Gasteiger partial charge in [0.1, 0.15) is 5.75 Å². The molecule has 1 aliphatic rings. The summed E-state index contributed by atoms with van der Waals surface area (Å²) in [6, 6.07) is 7.32. The molecule has 0 amide bonds. The van der Waals surface area contributed by atoms with Gasteiger partial charge >= 0.3 is 0 Å². The molecule has 1 saturated carbocycles. The third-order valence-corrected chi connectivity index (χ3v) is 4.12. The van der Waals surface area contributed by atoms with Gasteiger partial charge in [-0.05, 0) is 49.4 Å². The van der Waals surface area contributed by atoms with Gasteiger partial charge in [-0.1, -0.05) is 25.5 Å². The third kappa shape index (κ3) is 3.71. The van der Waals surface area contributed by atoms with E-state index in [0.717, 1.165) is 31.6 Å². The molecule has 0 bridgehead atoms. The van der Waals surface area contributed by atoms with Gasteiger partial charge in [-0.15, -0.1) is 0 Å². The van der Waals surface area contributed by atoms with Gasteiger partial charge < -0.3 is 15.8 Å². The van der Waals surface area contributed by atoms with Crippen LogP contribution in [-0.2, 0) is 12.8 Å². The van der Waals surface area contributed by atoms with Gasteiger partial charge in [0.05, 0.1) is 7.11 Å². The van der Waals surface area contributed by atoms with E-state index in [0.29, 0.717) is 12.1 Å². The monoisotopic (exact) mass is 262 g/mol. The number of nitrogens with two attached hydrogens (primary N) is 1. The summed E-state index contributed by atoms with van der Waals surface area (Å²) in [5.74, 6) is 0.995. The molecule has 2 atom stereocenters.